The molecular formula is C20H26O7S. The van der Waals surface area contributed by atoms with Crippen LogP contribution in [0.15, 0.2) is 23.3 Å². The predicted molar refractivity (Wildman–Crippen MR) is 102 cm³/mol. The molecule has 2 saturated carbocycles. The van der Waals surface area contributed by atoms with Crippen molar-refractivity contribution in [1.82, 2.24) is 0 Å². The number of fused-ring (bicyclic) bond motifs is 5. The van der Waals surface area contributed by atoms with Gasteiger partial charge in [-0.3, -0.25) is 4.79 Å². The number of thiol groups is 1. The van der Waals surface area contributed by atoms with Crippen LogP contribution >= 0.6 is 12.6 Å². The number of hydrogen-bond acceptors (Lipinski definition) is 7. The Labute approximate surface area is 168 Å². The van der Waals surface area contributed by atoms with Crippen molar-refractivity contribution in [2.75, 3.05) is 6.61 Å². The molecule has 4 N–H and O–H groups in total. The minimum absolute atomic E-state index is 0.0950. The number of carbonyl (C=O) groups excluding carboxylic acids is 2. The van der Waals surface area contributed by atoms with E-state index >= 15 is 0 Å². The van der Waals surface area contributed by atoms with Crippen molar-refractivity contribution in [3.05, 3.63) is 23.3 Å². The zero-order chi connectivity index (χ0) is 20.9. The lowest BCUT2D eigenvalue weighted by Crippen LogP contribution is -2.60. The lowest BCUT2D eigenvalue weighted by Gasteiger charge is -2.48. The maximum atomic E-state index is 12.7. The van der Waals surface area contributed by atoms with E-state index in [9.17, 15) is 30.0 Å². The molecule has 4 aliphatic carbocycles. The van der Waals surface area contributed by atoms with Crippen molar-refractivity contribution in [2.24, 2.45) is 23.2 Å². The van der Waals surface area contributed by atoms with Gasteiger partial charge in [-0.1, -0.05) is 38.6 Å². The fourth-order valence-corrected chi connectivity index (χ4v) is 6.45. The molecule has 2 fully saturated rings. The van der Waals surface area contributed by atoms with E-state index in [1.54, 1.807) is 19.1 Å². The summed E-state index contributed by atoms with van der Waals surface area (Å²) in [5, 5.41) is 43.5. The lowest BCUT2D eigenvalue weighted by atomic mass is 9.63. The molecule has 0 heterocycles. The highest BCUT2D eigenvalue weighted by atomic mass is 32.1. The largest absolute Gasteiger partial charge is 0.451 e. The molecule has 4 aliphatic rings. The molecule has 0 unspecified atom stereocenters. The zero-order valence-corrected chi connectivity index (χ0v) is 16.9. The zero-order valence-electron chi connectivity index (χ0n) is 16.0. The number of Topliss-reactive ketones (excluding diaryl/α,β-unsaturated/α-hetero) is 1. The first kappa shape index (κ1) is 20.1. The maximum Gasteiger partial charge on any atom is 0.364 e. The van der Waals surface area contributed by atoms with Crippen LogP contribution in [0.1, 0.15) is 33.6 Å². The van der Waals surface area contributed by atoms with Gasteiger partial charge in [-0.2, -0.15) is 0 Å². The van der Waals surface area contributed by atoms with Crippen molar-refractivity contribution < 1.29 is 34.8 Å². The molecule has 0 bridgehead atoms. The van der Waals surface area contributed by atoms with E-state index < -0.39 is 57.2 Å². The van der Waals surface area contributed by atoms with Gasteiger partial charge in [0, 0.05) is 36.0 Å². The first-order valence-electron chi connectivity index (χ1n) is 9.44. The van der Waals surface area contributed by atoms with Crippen LogP contribution < -0.4 is 0 Å². The van der Waals surface area contributed by atoms with Crippen molar-refractivity contribution >= 4 is 23.7 Å². The molecule has 0 saturated heterocycles. The SMILES string of the molecule is CC1=C[C@H]2[C@@]3(O)C[C@@H](OC(=O)S)[C@]4(O)[C@H]([C@@H]3C=C(CO)C[C@]2(O)C1=O)C4(C)C. The molecule has 0 aromatic heterocycles. The number of ether oxygens (including phenoxy) is 1. The Hall–Kier alpha value is -1.19. The van der Waals surface area contributed by atoms with Crippen LogP contribution in [0.25, 0.3) is 0 Å². The van der Waals surface area contributed by atoms with Gasteiger partial charge < -0.3 is 25.2 Å². The molecule has 0 aromatic carbocycles. The second-order valence-electron chi connectivity index (χ2n) is 9.36. The summed E-state index contributed by atoms with van der Waals surface area (Å²) < 4.78 is 5.28. The van der Waals surface area contributed by atoms with Gasteiger partial charge in [0.05, 0.1) is 12.2 Å². The summed E-state index contributed by atoms with van der Waals surface area (Å²) in [6, 6.07) is 0. The highest BCUT2D eigenvalue weighted by molar-refractivity contribution is 7.96. The summed E-state index contributed by atoms with van der Waals surface area (Å²) in [5.41, 5.74) is -4.79. The summed E-state index contributed by atoms with van der Waals surface area (Å²) in [6.45, 7) is 4.87. The number of rotatable bonds is 2. The number of hydrogen-bond donors (Lipinski definition) is 5. The number of carbonyl (C=O) groups is 2. The molecule has 28 heavy (non-hydrogen) atoms. The number of aliphatic hydroxyl groups is 4. The molecule has 0 aromatic rings. The van der Waals surface area contributed by atoms with Crippen LogP contribution in [0, 0.1) is 23.2 Å². The normalized spacial score (nSPS) is 48.5. The Bertz CT molecular complexity index is 832. The van der Waals surface area contributed by atoms with Gasteiger partial charge in [-0.15, -0.1) is 0 Å². The maximum absolute atomic E-state index is 12.7. The van der Waals surface area contributed by atoms with E-state index in [4.69, 9.17) is 4.74 Å². The summed E-state index contributed by atoms with van der Waals surface area (Å²) >= 11 is 3.66. The Morgan fingerprint density at radius 1 is 1.29 bits per heavy atom. The van der Waals surface area contributed by atoms with Gasteiger partial charge in [0.25, 0.3) is 0 Å². The van der Waals surface area contributed by atoms with Crippen molar-refractivity contribution in [1.29, 1.82) is 0 Å². The second kappa shape index (κ2) is 5.70. The van der Waals surface area contributed by atoms with Gasteiger partial charge in [-0.25, -0.2) is 4.79 Å². The molecule has 8 heteroatoms. The Kier molecular flexibility index (Phi) is 4.09. The molecule has 7 nitrogen and oxygen atoms in total. The summed E-state index contributed by atoms with van der Waals surface area (Å²) in [5.74, 6) is -2.53. The fourth-order valence-electron chi connectivity index (χ4n) is 6.32. The van der Waals surface area contributed by atoms with E-state index in [0.29, 0.717) is 11.1 Å². The van der Waals surface area contributed by atoms with Gasteiger partial charge >= 0.3 is 5.30 Å². The van der Waals surface area contributed by atoms with Crippen molar-refractivity contribution in [3.8, 4) is 0 Å². The van der Waals surface area contributed by atoms with Gasteiger partial charge in [-0.05, 0) is 18.1 Å². The Morgan fingerprint density at radius 3 is 2.50 bits per heavy atom. The molecule has 0 spiro atoms. The van der Waals surface area contributed by atoms with Crippen LogP contribution in [-0.4, -0.2) is 61.0 Å². The lowest BCUT2D eigenvalue weighted by molar-refractivity contribution is -0.178. The van der Waals surface area contributed by atoms with Crippen molar-refractivity contribution in [3.63, 3.8) is 0 Å². The van der Waals surface area contributed by atoms with E-state index in [1.807, 2.05) is 13.8 Å². The highest BCUT2D eigenvalue weighted by Crippen LogP contribution is 2.74. The predicted octanol–water partition coefficient (Wildman–Crippen LogP) is 0.758. The van der Waals surface area contributed by atoms with E-state index in [1.165, 1.54) is 0 Å². The van der Waals surface area contributed by atoms with Crippen molar-refractivity contribution in [2.45, 2.75) is 56.5 Å². The quantitative estimate of drug-likeness (QED) is 0.259. The van der Waals surface area contributed by atoms with Crippen LogP contribution in [0.5, 0.6) is 0 Å². The third kappa shape index (κ3) is 2.21. The Morgan fingerprint density at radius 2 is 1.93 bits per heavy atom. The molecule has 4 rings (SSSR count). The van der Waals surface area contributed by atoms with Crippen LogP contribution in [0.2, 0.25) is 0 Å². The molecular weight excluding hydrogens is 384 g/mol. The first-order valence-corrected chi connectivity index (χ1v) is 9.89. The molecule has 0 aliphatic heterocycles. The first-order chi connectivity index (χ1) is 12.8. The van der Waals surface area contributed by atoms with E-state index in [-0.39, 0.29) is 19.4 Å². The fraction of sp³-hybridized carbons (Fsp3) is 0.700. The molecule has 0 radical (unpaired) electrons. The summed E-state index contributed by atoms with van der Waals surface area (Å²) in [4.78, 5) is 24.3. The highest BCUT2D eigenvalue weighted by Gasteiger charge is 2.83. The molecule has 154 valence electrons. The van der Waals surface area contributed by atoms with Crippen LogP contribution in [-0.2, 0) is 9.53 Å². The third-order valence-corrected chi connectivity index (χ3v) is 7.82. The van der Waals surface area contributed by atoms with Crippen LogP contribution in [0.4, 0.5) is 4.79 Å². The Balaban J connectivity index is 1.89. The topological polar surface area (TPSA) is 124 Å². The summed E-state index contributed by atoms with van der Waals surface area (Å²) in [6.07, 6.45) is 1.98. The van der Waals surface area contributed by atoms with Gasteiger partial charge in [0.2, 0.25) is 0 Å². The minimum atomic E-state index is -1.88. The van der Waals surface area contributed by atoms with Gasteiger partial charge in [0.1, 0.15) is 17.3 Å². The molecule has 7 atom stereocenters. The third-order valence-electron chi connectivity index (χ3n) is 7.72. The van der Waals surface area contributed by atoms with E-state index in [2.05, 4.69) is 12.6 Å². The summed E-state index contributed by atoms with van der Waals surface area (Å²) in [7, 11) is 0. The average Bonchev–Trinajstić information content (AvgIpc) is 2.99. The minimum Gasteiger partial charge on any atom is -0.451 e. The van der Waals surface area contributed by atoms with Gasteiger partial charge in [0.15, 0.2) is 5.78 Å². The monoisotopic (exact) mass is 410 g/mol. The second-order valence-corrected chi connectivity index (χ2v) is 9.72. The smallest absolute Gasteiger partial charge is 0.364 e. The number of ketones is 1. The molecule has 0 amide bonds. The van der Waals surface area contributed by atoms with Crippen LogP contribution in [0.3, 0.4) is 0 Å². The standard InChI is InChI=1S/C20H26O7S/c1-9-4-12-18(24)7-13(27-16(23)28)20(26)14(17(20,2)3)11(18)5-10(8-21)6-19(12,25)15(9)22/h4-5,11-14,21,24-26H,6-8H2,1-3H3,(H,23,28)/t11-,12-,13+,14+,18+,19+,20-/m0/s1. The number of aliphatic hydroxyl groups excluding tert-OH is 1. The average molecular weight is 410 g/mol. The van der Waals surface area contributed by atoms with E-state index in [0.717, 1.165) is 0 Å².